The Bertz CT molecular complexity index is 2060. The first-order valence-electron chi connectivity index (χ1n) is 16.1. The number of aromatic nitrogens is 1. The zero-order valence-electron chi connectivity index (χ0n) is 26.1. The molecule has 3 heterocycles. The van der Waals surface area contributed by atoms with E-state index in [0.717, 1.165) is 42.5 Å². The highest BCUT2D eigenvalue weighted by Crippen LogP contribution is 2.69. The van der Waals surface area contributed by atoms with Gasteiger partial charge in [-0.2, -0.15) is 0 Å². The molecule has 2 aliphatic carbocycles. The van der Waals surface area contributed by atoms with Crippen molar-refractivity contribution in [1.82, 2.24) is 9.88 Å². The first-order valence-corrected chi connectivity index (χ1v) is 17.8. The molecule has 3 amide bonds. The molecule has 2 bridgehead atoms. The average Bonchev–Trinajstić information content (AvgIpc) is 3.80. The van der Waals surface area contributed by atoms with E-state index >= 15 is 0 Å². The summed E-state index contributed by atoms with van der Waals surface area (Å²) in [4.78, 5) is 70.5. The van der Waals surface area contributed by atoms with Gasteiger partial charge in [-0.3, -0.25) is 24.1 Å². The van der Waals surface area contributed by atoms with Crippen LogP contribution in [0.2, 0.25) is 0 Å². The Kier molecular flexibility index (Phi) is 7.48. The number of nitrogens with zero attached hydrogens (tertiary/aromatic N) is 1. The van der Waals surface area contributed by atoms with Gasteiger partial charge in [-0.05, 0) is 59.1 Å². The van der Waals surface area contributed by atoms with E-state index in [0.29, 0.717) is 17.9 Å². The number of fused-ring (bicyclic) bond motifs is 10. The van der Waals surface area contributed by atoms with Crippen molar-refractivity contribution < 1.29 is 29.0 Å². The number of H-pyrrole nitrogens is 1. The van der Waals surface area contributed by atoms with Crippen molar-refractivity contribution in [3.05, 3.63) is 86.8 Å². The molecule has 3 aromatic carbocycles. The fourth-order valence-corrected chi connectivity index (χ4v) is 11.7. The molecule has 3 fully saturated rings. The van der Waals surface area contributed by atoms with Crippen molar-refractivity contribution in [1.29, 1.82) is 0 Å². The number of para-hydroxylation sites is 1. The van der Waals surface area contributed by atoms with Gasteiger partial charge in [-0.25, -0.2) is 4.79 Å². The molecule has 246 valence electrons. The van der Waals surface area contributed by atoms with Gasteiger partial charge in [-0.1, -0.05) is 73.7 Å². The van der Waals surface area contributed by atoms with E-state index < -0.39 is 35.7 Å². The maximum absolute atomic E-state index is 14.0. The number of carbonyl (C=O) groups excluding carboxylic acids is 3. The number of amides is 3. The lowest BCUT2D eigenvalue weighted by Gasteiger charge is -2.43. The number of ether oxygens (including phenoxy) is 1. The van der Waals surface area contributed by atoms with Gasteiger partial charge in [0.05, 0.1) is 16.9 Å². The number of carboxylic acids is 1. The van der Waals surface area contributed by atoms with Gasteiger partial charge in [0.15, 0.2) is 6.61 Å². The van der Waals surface area contributed by atoms with Gasteiger partial charge >= 0.3 is 10.8 Å². The van der Waals surface area contributed by atoms with E-state index in [9.17, 15) is 29.1 Å². The molecule has 8 atom stereocenters. The Morgan fingerprint density at radius 2 is 1.69 bits per heavy atom. The fourth-order valence-electron chi connectivity index (χ4n) is 8.83. The topological polar surface area (TPSA) is 146 Å². The van der Waals surface area contributed by atoms with Crippen LogP contribution in [0.25, 0.3) is 10.8 Å². The van der Waals surface area contributed by atoms with Crippen molar-refractivity contribution in [2.24, 2.45) is 35.5 Å². The number of anilines is 1. The lowest BCUT2D eigenvalue weighted by Crippen LogP contribution is -2.49. The highest BCUT2D eigenvalue weighted by Gasteiger charge is 2.70. The van der Waals surface area contributed by atoms with Crippen molar-refractivity contribution in [2.75, 3.05) is 11.9 Å². The summed E-state index contributed by atoms with van der Waals surface area (Å²) >= 11 is 2.70. The standard InChI is InChI=1S/C36H33N3O7S2/c1-16(2)29(35(43)44)39-33(41)27-21-14-22(28(27)34(39)42)30-26(21)25(31-32(47-30)38-36(45)48-31)20-9-5-6-10-23(20)46-15-24(40)37-19-12-11-17-7-3-4-8-18(17)13-19/h3-13,16,21-22,25-30H,14-15H2,1-2H3,(H,37,40)(H,38,45)(H,43,44)/t21?,22?,25-,26?,27?,28?,29?,30?/m1/s1. The number of nitrogens with one attached hydrogen (secondary N) is 2. The molecule has 48 heavy (non-hydrogen) atoms. The summed E-state index contributed by atoms with van der Waals surface area (Å²) in [6.45, 7) is 3.18. The summed E-state index contributed by atoms with van der Waals surface area (Å²) in [5.41, 5.74) is 1.47. The SMILES string of the molecule is CC(C)C(C(=O)O)N1C(=O)C2C3CC(C2C1=O)C1C3Sc2[nH]c(=O)sc2[C@@H]1c1ccccc1OCC(=O)Nc1ccc2ccccc2c1. The molecular weight excluding hydrogens is 651 g/mol. The highest BCUT2D eigenvalue weighted by molar-refractivity contribution is 8.00. The molecule has 2 saturated carbocycles. The molecule has 4 aliphatic rings. The highest BCUT2D eigenvalue weighted by atomic mass is 32.2. The molecular formula is C36H33N3O7S2. The molecule has 2 aliphatic heterocycles. The van der Waals surface area contributed by atoms with Crippen LogP contribution in [0.4, 0.5) is 5.69 Å². The monoisotopic (exact) mass is 683 g/mol. The van der Waals surface area contributed by atoms with Crippen LogP contribution in [-0.2, 0) is 19.2 Å². The van der Waals surface area contributed by atoms with Crippen LogP contribution >= 0.6 is 23.1 Å². The Balaban J connectivity index is 1.10. The fraction of sp³-hybridized carbons (Fsp3) is 0.361. The van der Waals surface area contributed by atoms with E-state index in [4.69, 9.17) is 4.74 Å². The number of aromatic amines is 1. The third-order valence-electron chi connectivity index (χ3n) is 10.6. The molecule has 7 unspecified atom stereocenters. The van der Waals surface area contributed by atoms with Crippen LogP contribution in [0, 0.1) is 35.5 Å². The Labute approximate surface area is 283 Å². The van der Waals surface area contributed by atoms with Gasteiger partial charge in [0, 0.05) is 27.3 Å². The molecule has 1 aromatic heterocycles. The lowest BCUT2D eigenvalue weighted by atomic mass is 9.68. The van der Waals surface area contributed by atoms with Crippen LogP contribution in [0.1, 0.15) is 36.6 Å². The summed E-state index contributed by atoms with van der Waals surface area (Å²) in [7, 11) is 0. The second-order valence-corrected chi connectivity index (χ2v) is 15.7. The Hall–Kier alpha value is -4.42. The first-order chi connectivity index (χ1) is 23.1. The normalized spacial score (nSPS) is 27.6. The summed E-state index contributed by atoms with van der Waals surface area (Å²) < 4.78 is 6.19. The van der Waals surface area contributed by atoms with Gasteiger partial charge in [0.1, 0.15) is 11.8 Å². The van der Waals surface area contributed by atoms with E-state index in [-0.39, 0.29) is 52.2 Å². The zero-order valence-corrected chi connectivity index (χ0v) is 27.8. The second-order valence-electron chi connectivity index (χ2n) is 13.5. The number of thiazole rings is 1. The summed E-state index contributed by atoms with van der Waals surface area (Å²) in [6.07, 6.45) is 0.676. The smallest absolute Gasteiger partial charge is 0.327 e. The van der Waals surface area contributed by atoms with Crippen LogP contribution in [0.3, 0.4) is 0 Å². The molecule has 3 N–H and O–H groups in total. The van der Waals surface area contributed by atoms with Crippen LogP contribution in [-0.4, -0.2) is 56.6 Å². The minimum Gasteiger partial charge on any atom is -0.483 e. The van der Waals surface area contributed by atoms with Crippen molar-refractivity contribution in [3.8, 4) is 5.75 Å². The summed E-state index contributed by atoms with van der Waals surface area (Å²) in [5, 5.41) is 15.7. The van der Waals surface area contributed by atoms with Gasteiger partial charge in [0.2, 0.25) is 11.8 Å². The minimum absolute atomic E-state index is 0.0673. The number of benzene rings is 3. The van der Waals surface area contributed by atoms with E-state index in [2.05, 4.69) is 10.3 Å². The summed E-state index contributed by atoms with van der Waals surface area (Å²) in [5.74, 6) is -4.13. The van der Waals surface area contributed by atoms with Crippen molar-refractivity contribution >= 4 is 63.2 Å². The second kappa shape index (κ2) is 11.6. The first kappa shape index (κ1) is 30.9. The predicted octanol–water partition coefficient (Wildman–Crippen LogP) is 5.19. The molecule has 10 nitrogen and oxygen atoms in total. The molecule has 4 aromatic rings. The Morgan fingerprint density at radius 3 is 2.44 bits per heavy atom. The van der Waals surface area contributed by atoms with Crippen LogP contribution < -0.4 is 14.9 Å². The van der Waals surface area contributed by atoms with Crippen LogP contribution in [0.5, 0.6) is 5.75 Å². The molecule has 0 radical (unpaired) electrons. The number of aliphatic carboxylic acids is 1. The molecule has 8 rings (SSSR count). The van der Waals surface area contributed by atoms with E-state index in [1.807, 2.05) is 66.7 Å². The number of hydrogen-bond acceptors (Lipinski definition) is 8. The number of likely N-dealkylation sites (tertiary alicyclic amines) is 1. The largest absolute Gasteiger partial charge is 0.483 e. The van der Waals surface area contributed by atoms with E-state index in [1.54, 1.807) is 25.6 Å². The van der Waals surface area contributed by atoms with Gasteiger partial charge < -0.3 is 20.1 Å². The summed E-state index contributed by atoms with van der Waals surface area (Å²) in [6, 6.07) is 19.9. The van der Waals surface area contributed by atoms with Crippen molar-refractivity contribution in [3.63, 3.8) is 0 Å². The molecule has 1 saturated heterocycles. The quantitative estimate of drug-likeness (QED) is 0.215. The number of thioether (sulfide) groups is 1. The number of hydrogen-bond donors (Lipinski definition) is 3. The Morgan fingerprint density at radius 1 is 0.979 bits per heavy atom. The third kappa shape index (κ3) is 4.79. The minimum atomic E-state index is -1.21. The molecule has 12 heteroatoms. The predicted molar refractivity (Wildman–Crippen MR) is 181 cm³/mol. The average molecular weight is 684 g/mol. The maximum Gasteiger partial charge on any atom is 0.327 e. The van der Waals surface area contributed by atoms with Gasteiger partial charge in [0.25, 0.3) is 5.91 Å². The number of carboxylic acid groups (broad SMARTS) is 1. The molecule has 0 spiro atoms. The van der Waals surface area contributed by atoms with E-state index in [1.165, 1.54) is 0 Å². The number of carbonyl (C=O) groups is 4. The zero-order chi connectivity index (χ0) is 33.4. The maximum atomic E-state index is 14.0. The third-order valence-corrected chi connectivity index (χ3v) is 13.2. The van der Waals surface area contributed by atoms with Crippen LogP contribution in [0.15, 0.2) is 76.6 Å². The number of rotatable bonds is 8. The lowest BCUT2D eigenvalue weighted by molar-refractivity contribution is -0.157. The van der Waals surface area contributed by atoms with Gasteiger partial charge in [-0.15, -0.1) is 11.8 Å². The van der Waals surface area contributed by atoms with Crippen molar-refractivity contribution in [2.45, 2.75) is 42.5 Å². The number of imide groups is 1.